The molecule has 0 radical (unpaired) electrons. The van der Waals surface area contributed by atoms with Crippen molar-refractivity contribution in [2.75, 3.05) is 6.61 Å². The van der Waals surface area contributed by atoms with Crippen LogP contribution in [0, 0.1) is 10.1 Å². The number of nitrogens with zero attached hydrogens (tertiary/aromatic N) is 3. The Bertz CT molecular complexity index is 571. The molecule has 19 heavy (non-hydrogen) atoms. The Labute approximate surface area is 114 Å². The fourth-order valence-electron chi connectivity index (χ4n) is 1.54. The van der Waals surface area contributed by atoms with Crippen LogP contribution in [0.2, 0.25) is 5.02 Å². The second-order valence-electron chi connectivity index (χ2n) is 3.85. The predicted octanol–water partition coefficient (Wildman–Crippen LogP) is 2.91. The van der Waals surface area contributed by atoms with E-state index in [1.165, 1.54) is 17.1 Å². The molecule has 1 aromatic carbocycles. The van der Waals surface area contributed by atoms with Crippen molar-refractivity contribution in [2.24, 2.45) is 0 Å². The average Bonchev–Trinajstić information content (AvgIpc) is 2.85. The van der Waals surface area contributed by atoms with Crippen LogP contribution in [0.25, 0.3) is 0 Å². The number of hydrogen-bond donors (Lipinski definition) is 0. The lowest BCUT2D eigenvalue weighted by molar-refractivity contribution is -0.385. The van der Waals surface area contributed by atoms with Crippen LogP contribution < -0.4 is 4.74 Å². The molecule has 0 bridgehead atoms. The molecule has 1 aromatic heterocycles. The first-order chi connectivity index (χ1) is 9.16. The van der Waals surface area contributed by atoms with E-state index in [0.29, 0.717) is 30.3 Å². The van der Waals surface area contributed by atoms with Crippen molar-refractivity contribution in [3.8, 4) is 5.75 Å². The summed E-state index contributed by atoms with van der Waals surface area (Å²) in [5.74, 6) is 0.635. The fourth-order valence-corrected chi connectivity index (χ4v) is 1.73. The zero-order valence-corrected chi connectivity index (χ0v) is 10.8. The third-order valence-electron chi connectivity index (χ3n) is 2.46. The van der Waals surface area contributed by atoms with Gasteiger partial charge in [0.2, 0.25) is 0 Å². The highest BCUT2D eigenvalue weighted by Crippen LogP contribution is 2.23. The summed E-state index contributed by atoms with van der Waals surface area (Å²) in [6.07, 6.45) is 3.31. The van der Waals surface area contributed by atoms with Crippen LogP contribution in [0.1, 0.15) is 6.42 Å². The van der Waals surface area contributed by atoms with Crippen molar-refractivity contribution < 1.29 is 9.66 Å². The Balaban J connectivity index is 1.77. The summed E-state index contributed by atoms with van der Waals surface area (Å²) >= 11 is 5.94. The summed E-state index contributed by atoms with van der Waals surface area (Å²) in [5, 5.41) is 14.9. The second-order valence-corrected chi connectivity index (χ2v) is 4.26. The van der Waals surface area contributed by atoms with E-state index in [1.807, 2.05) is 12.1 Å². The quantitative estimate of drug-likeness (QED) is 0.464. The molecule has 0 aliphatic carbocycles. The van der Waals surface area contributed by atoms with Crippen LogP contribution in [-0.2, 0) is 6.54 Å². The van der Waals surface area contributed by atoms with Crippen LogP contribution in [0.5, 0.6) is 5.75 Å². The van der Waals surface area contributed by atoms with Gasteiger partial charge in [-0.25, -0.2) is 0 Å². The normalized spacial score (nSPS) is 10.4. The standard InChI is InChI=1S/C12H12ClN3O3/c13-11-4-1-2-5-12(11)19-7-3-6-15-9-10(8-14-15)16(17)18/h1-2,4-5,8-9H,3,6-7H2. The molecule has 0 saturated heterocycles. The van der Waals surface area contributed by atoms with Crippen molar-refractivity contribution in [3.05, 3.63) is 51.8 Å². The summed E-state index contributed by atoms with van der Waals surface area (Å²) in [6.45, 7) is 1.02. The number of halogens is 1. The largest absolute Gasteiger partial charge is 0.492 e. The van der Waals surface area contributed by atoms with E-state index in [9.17, 15) is 10.1 Å². The van der Waals surface area contributed by atoms with Gasteiger partial charge in [-0.1, -0.05) is 23.7 Å². The van der Waals surface area contributed by atoms with Gasteiger partial charge in [-0.3, -0.25) is 14.8 Å². The van der Waals surface area contributed by atoms with Gasteiger partial charge in [0.15, 0.2) is 0 Å². The van der Waals surface area contributed by atoms with Crippen LogP contribution in [0.4, 0.5) is 5.69 Å². The summed E-state index contributed by atoms with van der Waals surface area (Å²) < 4.78 is 7.03. The van der Waals surface area contributed by atoms with Gasteiger partial charge in [-0.15, -0.1) is 0 Å². The summed E-state index contributed by atoms with van der Waals surface area (Å²) in [5.41, 5.74) is -0.00739. The number of para-hydroxylation sites is 1. The Kier molecular flexibility index (Phi) is 4.35. The molecule has 2 rings (SSSR count). The minimum Gasteiger partial charge on any atom is -0.492 e. The summed E-state index contributed by atoms with van der Waals surface area (Å²) in [6, 6.07) is 7.23. The van der Waals surface area contributed by atoms with Crippen LogP contribution in [0.15, 0.2) is 36.7 Å². The molecule has 6 nitrogen and oxygen atoms in total. The maximum atomic E-state index is 10.5. The predicted molar refractivity (Wildman–Crippen MR) is 70.4 cm³/mol. The van der Waals surface area contributed by atoms with Crippen LogP contribution >= 0.6 is 11.6 Å². The molecule has 0 amide bonds. The molecule has 1 heterocycles. The highest BCUT2D eigenvalue weighted by Gasteiger charge is 2.08. The molecule has 2 aromatic rings. The minimum atomic E-state index is -0.469. The number of hydrogen-bond acceptors (Lipinski definition) is 4. The van der Waals surface area contributed by atoms with Crippen molar-refractivity contribution in [3.63, 3.8) is 0 Å². The van der Waals surface area contributed by atoms with E-state index in [2.05, 4.69) is 5.10 Å². The van der Waals surface area contributed by atoms with E-state index in [1.54, 1.807) is 12.1 Å². The van der Waals surface area contributed by atoms with Crippen LogP contribution in [-0.4, -0.2) is 21.3 Å². The van der Waals surface area contributed by atoms with E-state index in [0.717, 1.165) is 0 Å². The monoisotopic (exact) mass is 281 g/mol. The van der Waals surface area contributed by atoms with Gasteiger partial charge >= 0.3 is 5.69 Å². The molecule has 0 atom stereocenters. The molecular weight excluding hydrogens is 270 g/mol. The van der Waals surface area contributed by atoms with Gasteiger partial charge in [-0.2, -0.15) is 5.10 Å². The number of aryl methyl sites for hydroxylation is 1. The van der Waals surface area contributed by atoms with Gasteiger partial charge in [0.25, 0.3) is 0 Å². The lowest BCUT2D eigenvalue weighted by atomic mass is 10.3. The topological polar surface area (TPSA) is 70.2 Å². The second kappa shape index (κ2) is 6.19. The van der Waals surface area contributed by atoms with Crippen molar-refractivity contribution >= 4 is 17.3 Å². The molecule has 0 fully saturated rings. The molecule has 0 aliphatic rings. The first kappa shape index (κ1) is 13.4. The lowest BCUT2D eigenvalue weighted by Gasteiger charge is -2.07. The van der Waals surface area contributed by atoms with E-state index in [-0.39, 0.29) is 5.69 Å². The van der Waals surface area contributed by atoms with Crippen molar-refractivity contribution in [1.82, 2.24) is 9.78 Å². The fraction of sp³-hybridized carbons (Fsp3) is 0.250. The smallest absolute Gasteiger partial charge is 0.306 e. The number of aromatic nitrogens is 2. The zero-order chi connectivity index (χ0) is 13.7. The minimum absolute atomic E-state index is 0.00739. The van der Waals surface area contributed by atoms with Gasteiger partial charge in [0, 0.05) is 13.0 Å². The average molecular weight is 282 g/mol. The number of benzene rings is 1. The Morgan fingerprint density at radius 2 is 2.21 bits per heavy atom. The van der Waals surface area contributed by atoms with Crippen molar-refractivity contribution in [2.45, 2.75) is 13.0 Å². The zero-order valence-electron chi connectivity index (χ0n) is 10.0. The molecule has 0 N–H and O–H groups in total. The maximum Gasteiger partial charge on any atom is 0.306 e. The molecule has 0 spiro atoms. The lowest BCUT2D eigenvalue weighted by Crippen LogP contribution is -2.05. The summed E-state index contributed by atoms with van der Waals surface area (Å²) in [4.78, 5) is 10.0. The highest BCUT2D eigenvalue weighted by molar-refractivity contribution is 6.32. The maximum absolute atomic E-state index is 10.5. The molecular formula is C12H12ClN3O3. The molecule has 0 aliphatic heterocycles. The van der Waals surface area contributed by atoms with E-state index in [4.69, 9.17) is 16.3 Å². The SMILES string of the molecule is O=[N+]([O-])c1cnn(CCCOc2ccccc2Cl)c1. The van der Waals surface area contributed by atoms with Gasteiger partial charge in [0.05, 0.1) is 16.6 Å². The molecule has 100 valence electrons. The molecule has 0 saturated carbocycles. The number of nitro groups is 1. The molecule has 0 unspecified atom stereocenters. The highest BCUT2D eigenvalue weighted by atomic mass is 35.5. The van der Waals surface area contributed by atoms with Gasteiger partial charge in [-0.05, 0) is 12.1 Å². The van der Waals surface area contributed by atoms with E-state index < -0.39 is 4.92 Å². The Morgan fingerprint density at radius 1 is 1.42 bits per heavy atom. The third-order valence-corrected chi connectivity index (χ3v) is 2.77. The number of rotatable bonds is 6. The first-order valence-electron chi connectivity index (χ1n) is 5.71. The number of ether oxygens (including phenoxy) is 1. The van der Waals surface area contributed by atoms with E-state index >= 15 is 0 Å². The molecule has 7 heteroatoms. The van der Waals surface area contributed by atoms with Gasteiger partial charge < -0.3 is 4.74 Å². The third kappa shape index (κ3) is 3.69. The van der Waals surface area contributed by atoms with Crippen molar-refractivity contribution in [1.29, 1.82) is 0 Å². The summed E-state index contributed by atoms with van der Waals surface area (Å²) in [7, 11) is 0. The Hall–Kier alpha value is -2.08. The first-order valence-corrected chi connectivity index (χ1v) is 6.09. The Morgan fingerprint density at radius 3 is 2.89 bits per heavy atom. The van der Waals surface area contributed by atoms with Gasteiger partial charge in [0.1, 0.15) is 18.1 Å². The van der Waals surface area contributed by atoms with Crippen LogP contribution in [0.3, 0.4) is 0 Å².